The molecular weight excluding hydrogens is 462 g/mol. The molecule has 0 aromatic heterocycles. The molecule has 8 heteroatoms. The largest absolute Gasteiger partial charge is 0.493 e. The average molecular weight is 498 g/mol. The highest BCUT2D eigenvalue weighted by Gasteiger charge is 2.48. The molecule has 1 heterocycles. The molecule has 2 aliphatic carbocycles. The number of dihydropyridines is 1. The summed E-state index contributed by atoms with van der Waals surface area (Å²) in [5.41, 5.74) is 2.65. The first-order chi connectivity index (χ1) is 17.3. The Labute approximate surface area is 212 Å². The Morgan fingerprint density at radius 2 is 1.75 bits per heavy atom. The van der Waals surface area contributed by atoms with Gasteiger partial charge >= 0.3 is 11.9 Å². The van der Waals surface area contributed by atoms with E-state index in [1.165, 1.54) is 21.3 Å². The van der Waals surface area contributed by atoms with Crippen LogP contribution in [0.5, 0.6) is 11.5 Å². The van der Waals surface area contributed by atoms with E-state index in [-0.39, 0.29) is 17.8 Å². The number of Topliss-reactive ketones (excluding diaryl/α,β-unsaturated/α-hetero) is 1. The maximum Gasteiger partial charge on any atom is 0.337 e. The Morgan fingerprint density at radius 3 is 2.39 bits per heavy atom. The van der Waals surface area contributed by atoms with E-state index >= 15 is 0 Å². The fourth-order valence-electron chi connectivity index (χ4n) is 5.80. The van der Waals surface area contributed by atoms with Gasteiger partial charge in [-0.2, -0.15) is 0 Å². The highest BCUT2D eigenvalue weighted by atomic mass is 16.5. The van der Waals surface area contributed by atoms with Gasteiger partial charge in [-0.3, -0.25) is 9.59 Å². The number of ketones is 1. The molecule has 1 saturated carbocycles. The van der Waals surface area contributed by atoms with Crippen LogP contribution in [-0.2, 0) is 23.9 Å². The van der Waals surface area contributed by atoms with Crippen molar-refractivity contribution in [3.05, 3.63) is 46.3 Å². The molecule has 3 aliphatic rings. The molecule has 3 atom stereocenters. The van der Waals surface area contributed by atoms with Gasteiger partial charge in [0.25, 0.3) is 0 Å². The molecule has 194 valence electrons. The number of rotatable bonds is 6. The summed E-state index contributed by atoms with van der Waals surface area (Å²) in [6.45, 7) is 3.68. The molecule has 1 aliphatic heterocycles. The normalized spacial score (nSPS) is 24.6. The predicted octanol–water partition coefficient (Wildman–Crippen LogP) is 4.19. The van der Waals surface area contributed by atoms with Crippen molar-refractivity contribution in [2.75, 3.05) is 21.3 Å². The zero-order valence-corrected chi connectivity index (χ0v) is 21.6. The van der Waals surface area contributed by atoms with Crippen molar-refractivity contribution < 1.29 is 33.3 Å². The summed E-state index contributed by atoms with van der Waals surface area (Å²) in [6.07, 6.45) is 5.15. The molecule has 8 nitrogen and oxygen atoms in total. The van der Waals surface area contributed by atoms with Crippen molar-refractivity contribution in [2.24, 2.45) is 11.8 Å². The molecule has 0 unspecified atom stereocenters. The molecule has 0 saturated heterocycles. The van der Waals surface area contributed by atoms with E-state index in [4.69, 9.17) is 18.9 Å². The second-order valence-electron chi connectivity index (χ2n) is 9.78. The Bertz CT molecular complexity index is 1110. The van der Waals surface area contributed by atoms with Gasteiger partial charge in [0.05, 0.1) is 32.8 Å². The lowest BCUT2D eigenvalue weighted by Gasteiger charge is -2.39. The van der Waals surface area contributed by atoms with Gasteiger partial charge in [0.1, 0.15) is 12.0 Å². The van der Waals surface area contributed by atoms with Crippen molar-refractivity contribution in [3.63, 3.8) is 0 Å². The van der Waals surface area contributed by atoms with Gasteiger partial charge in [-0.1, -0.05) is 25.5 Å². The van der Waals surface area contributed by atoms with E-state index < -0.39 is 23.8 Å². The number of benzene rings is 1. The molecule has 0 amide bonds. The van der Waals surface area contributed by atoms with Crippen molar-refractivity contribution in [2.45, 2.75) is 64.4 Å². The van der Waals surface area contributed by atoms with E-state index in [1.807, 2.05) is 19.9 Å². The van der Waals surface area contributed by atoms with Crippen LogP contribution in [0.4, 0.5) is 0 Å². The number of nitrogens with one attached hydrogen (secondary N) is 1. The van der Waals surface area contributed by atoms with Crippen molar-refractivity contribution in [3.8, 4) is 11.5 Å². The number of carbonyl (C=O) groups excluding carboxylic acids is 3. The molecule has 1 aromatic rings. The lowest BCUT2D eigenvalue weighted by Crippen LogP contribution is -2.43. The minimum atomic E-state index is -0.955. The topological polar surface area (TPSA) is 100 Å². The first-order valence-corrected chi connectivity index (χ1v) is 12.6. The minimum absolute atomic E-state index is 0.153. The lowest BCUT2D eigenvalue weighted by molar-refractivity contribution is -0.151. The highest BCUT2D eigenvalue weighted by molar-refractivity contribution is 6.12. The molecule has 0 bridgehead atoms. The zero-order chi connectivity index (χ0) is 26.0. The maximum atomic E-state index is 13.9. The van der Waals surface area contributed by atoms with Crippen molar-refractivity contribution >= 4 is 17.7 Å². The quantitative estimate of drug-likeness (QED) is 0.461. The third kappa shape index (κ3) is 4.61. The van der Waals surface area contributed by atoms with E-state index in [2.05, 4.69) is 5.32 Å². The van der Waals surface area contributed by atoms with Gasteiger partial charge < -0.3 is 24.3 Å². The van der Waals surface area contributed by atoms with Gasteiger partial charge in [-0.25, -0.2) is 4.79 Å². The summed E-state index contributed by atoms with van der Waals surface area (Å²) in [7, 11) is 4.34. The van der Waals surface area contributed by atoms with Gasteiger partial charge in [0.15, 0.2) is 17.3 Å². The Hall–Kier alpha value is -3.29. The number of esters is 2. The Balaban J connectivity index is 1.86. The van der Waals surface area contributed by atoms with Crippen LogP contribution in [0.25, 0.3) is 0 Å². The van der Waals surface area contributed by atoms with Crippen LogP contribution in [0, 0.1) is 11.8 Å². The third-order valence-corrected chi connectivity index (χ3v) is 7.53. The van der Waals surface area contributed by atoms with Crippen molar-refractivity contribution in [1.82, 2.24) is 5.32 Å². The first-order valence-electron chi connectivity index (χ1n) is 12.6. The van der Waals surface area contributed by atoms with Crippen LogP contribution >= 0.6 is 0 Å². The summed E-state index contributed by atoms with van der Waals surface area (Å²) in [5.74, 6) is -2.48. The van der Waals surface area contributed by atoms with Crippen LogP contribution in [0.2, 0.25) is 0 Å². The lowest BCUT2D eigenvalue weighted by atomic mass is 9.69. The molecule has 1 aromatic carbocycles. The first kappa shape index (κ1) is 25.8. The van der Waals surface area contributed by atoms with Crippen LogP contribution in [0.15, 0.2) is 40.7 Å². The predicted molar refractivity (Wildman–Crippen MR) is 132 cm³/mol. The summed E-state index contributed by atoms with van der Waals surface area (Å²) < 4.78 is 22.2. The molecule has 4 rings (SSSR count). The molecule has 0 spiro atoms. The molecular formula is C28H35NO7. The molecule has 1 fully saturated rings. The number of methoxy groups -OCH3 is 3. The second kappa shape index (κ2) is 10.8. The van der Waals surface area contributed by atoms with Gasteiger partial charge in [0, 0.05) is 22.5 Å². The zero-order valence-electron chi connectivity index (χ0n) is 21.6. The van der Waals surface area contributed by atoms with Crippen LogP contribution in [-0.4, -0.2) is 45.2 Å². The smallest absolute Gasteiger partial charge is 0.337 e. The fraction of sp³-hybridized carbons (Fsp3) is 0.536. The van der Waals surface area contributed by atoms with E-state index in [9.17, 15) is 14.4 Å². The number of hydrogen-bond acceptors (Lipinski definition) is 8. The summed E-state index contributed by atoms with van der Waals surface area (Å²) in [4.78, 5) is 40.3. The number of ether oxygens (including phenoxy) is 4. The van der Waals surface area contributed by atoms with Crippen molar-refractivity contribution in [1.29, 1.82) is 0 Å². The SMILES string of the molecule is COC(=O)[C@@H]1C(=O)C2=C(C[C@@H]1C)NC(C)=C(C(=O)OC1CCCCC1)[C@@H]2c1cccc(OC)c1OC. The Morgan fingerprint density at radius 1 is 1.03 bits per heavy atom. The molecule has 36 heavy (non-hydrogen) atoms. The summed E-state index contributed by atoms with van der Waals surface area (Å²) in [6, 6.07) is 5.38. The maximum absolute atomic E-state index is 13.9. The number of para-hydroxylation sites is 1. The van der Waals surface area contributed by atoms with Gasteiger partial charge in [-0.05, 0) is 51.0 Å². The average Bonchev–Trinajstić information content (AvgIpc) is 2.87. The molecule has 1 N–H and O–H groups in total. The number of allylic oxidation sites excluding steroid dienone is 3. The van der Waals surface area contributed by atoms with Gasteiger partial charge in [-0.15, -0.1) is 0 Å². The van der Waals surface area contributed by atoms with E-state index in [0.717, 1.165) is 32.1 Å². The summed E-state index contributed by atoms with van der Waals surface area (Å²) in [5, 5.41) is 3.30. The van der Waals surface area contributed by atoms with E-state index in [0.29, 0.717) is 46.0 Å². The molecule has 0 radical (unpaired) electrons. The third-order valence-electron chi connectivity index (χ3n) is 7.53. The summed E-state index contributed by atoms with van der Waals surface area (Å²) >= 11 is 0. The highest BCUT2D eigenvalue weighted by Crippen LogP contribution is 2.49. The van der Waals surface area contributed by atoms with E-state index in [1.54, 1.807) is 12.1 Å². The minimum Gasteiger partial charge on any atom is -0.493 e. The standard InChI is InChI=1S/C28H35NO7/c1-15-14-19-24(25(30)21(15)27(31)35-5)23(18-12-9-13-20(33-3)26(18)34-4)22(16(2)29-19)28(32)36-17-10-7-6-8-11-17/h9,12-13,15,17,21,23,29H,6-8,10-11,14H2,1-5H3/t15-,21-,23-/m0/s1. The monoisotopic (exact) mass is 497 g/mol. The Kier molecular flexibility index (Phi) is 7.71. The second-order valence-corrected chi connectivity index (χ2v) is 9.78. The number of carbonyl (C=O) groups is 3. The van der Waals surface area contributed by atoms with Crippen LogP contribution in [0.3, 0.4) is 0 Å². The van der Waals surface area contributed by atoms with Gasteiger partial charge in [0.2, 0.25) is 0 Å². The van der Waals surface area contributed by atoms with Crippen LogP contribution in [0.1, 0.15) is 63.9 Å². The number of hydrogen-bond donors (Lipinski definition) is 1. The fourth-order valence-corrected chi connectivity index (χ4v) is 5.80. The van der Waals surface area contributed by atoms with Crippen LogP contribution < -0.4 is 14.8 Å².